The lowest BCUT2D eigenvalue weighted by Gasteiger charge is -1.95. The molecule has 0 spiro atoms. The van der Waals surface area contributed by atoms with E-state index in [1.54, 1.807) is 18.2 Å². The molecule has 76 valence electrons. The van der Waals surface area contributed by atoms with Crippen LogP contribution in [0.5, 0.6) is 0 Å². The van der Waals surface area contributed by atoms with Gasteiger partial charge in [-0.3, -0.25) is 4.79 Å². The number of aldehydes is 1. The summed E-state index contributed by atoms with van der Waals surface area (Å²) in [6.07, 6.45) is 0.675. The molecular formula is C7H7Cl5O. The maximum atomic E-state index is 10.2. The van der Waals surface area contributed by atoms with Crippen LogP contribution in [-0.2, 0) is 0 Å². The number of carbonyl (C=O) groups excluding carboxylic acids is 1. The molecule has 0 heterocycles. The molecule has 0 fully saturated rings. The van der Waals surface area contributed by atoms with Gasteiger partial charge in [0.1, 0.15) is 0 Å². The zero-order valence-corrected chi connectivity index (χ0v) is 10.2. The van der Waals surface area contributed by atoms with E-state index in [0.717, 1.165) is 0 Å². The SMILES string of the molecule is Cl.Cl.Cl.O=Cc1cccc(Cl)c1Cl. The predicted octanol–water partition coefficient (Wildman–Crippen LogP) is 4.07. The molecule has 13 heavy (non-hydrogen) atoms. The van der Waals surface area contributed by atoms with Crippen LogP contribution in [0.15, 0.2) is 18.2 Å². The molecule has 0 atom stereocenters. The molecule has 0 amide bonds. The van der Waals surface area contributed by atoms with E-state index in [2.05, 4.69) is 0 Å². The molecule has 1 rings (SSSR count). The van der Waals surface area contributed by atoms with Gasteiger partial charge < -0.3 is 0 Å². The quantitative estimate of drug-likeness (QED) is 0.710. The lowest BCUT2D eigenvalue weighted by Crippen LogP contribution is -1.80. The summed E-state index contributed by atoms with van der Waals surface area (Å²) in [6, 6.07) is 4.93. The van der Waals surface area contributed by atoms with Crippen LogP contribution in [0.3, 0.4) is 0 Å². The molecule has 1 aromatic rings. The fourth-order valence-electron chi connectivity index (χ4n) is 0.611. The van der Waals surface area contributed by atoms with Crippen molar-refractivity contribution in [3.05, 3.63) is 33.8 Å². The number of carbonyl (C=O) groups is 1. The van der Waals surface area contributed by atoms with Crippen LogP contribution < -0.4 is 0 Å². The van der Waals surface area contributed by atoms with Gasteiger partial charge in [-0.2, -0.15) is 0 Å². The molecular weight excluding hydrogens is 277 g/mol. The highest BCUT2D eigenvalue weighted by Crippen LogP contribution is 2.23. The minimum atomic E-state index is 0. The van der Waals surface area contributed by atoms with Crippen LogP contribution in [0.25, 0.3) is 0 Å². The molecule has 0 saturated carbocycles. The highest BCUT2D eigenvalue weighted by molar-refractivity contribution is 6.43. The third-order valence-electron chi connectivity index (χ3n) is 1.11. The maximum Gasteiger partial charge on any atom is 0.151 e. The fraction of sp³-hybridized carbons (Fsp3) is 0. The van der Waals surface area contributed by atoms with Gasteiger partial charge in [0, 0.05) is 5.56 Å². The van der Waals surface area contributed by atoms with Gasteiger partial charge in [0.2, 0.25) is 0 Å². The molecule has 0 N–H and O–H groups in total. The van der Waals surface area contributed by atoms with Crippen LogP contribution in [0.4, 0.5) is 0 Å². The van der Waals surface area contributed by atoms with Gasteiger partial charge in [-0.15, -0.1) is 37.2 Å². The lowest BCUT2D eigenvalue weighted by molar-refractivity contribution is 0.112. The summed E-state index contributed by atoms with van der Waals surface area (Å²) in [7, 11) is 0. The van der Waals surface area contributed by atoms with E-state index in [1.807, 2.05) is 0 Å². The van der Waals surface area contributed by atoms with Crippen molar-refractivity contribution in [1.82, 2.24) is 0 Å². The van der Waals surface area contributed by atoms with Crippen LogP contribution in [0, 0.1) is 0 Å². The zero-order valence-electron chi connectivity index (χ0n) is 6.20. The molecule has 0 bridgehead atoms. The molecule has 1 aromatic carbocycles. The second kappa shape index (κ2) is 8.92. The Labute approximate surface area is 105 Å². The number of rotatable bonds is 1. The molecule has 0 radical (unpaired) electrons. The smallest absolute Gasteiger partial charge is 0.151 e. The first-order valence-corrected chi connectivity index (χ1v) is 3.40. The maximum absolute atomic E-state index is 10.2. The van der Waals surface area contributed by atoms with Gasteiger partial charge in [-0.1, -0.05) is 35.3 Å². The van der Waals surface area contributed by atoms with Crippen LogP contribution in [0.1, 0.15) is 10.4 Å². The van der Waals surface area contributed by atoms with Gasteiger partial charge in [0.15, 0.2) is 6.29 Å². The Kier molecular flexibility index (Phi) is 13.0. The van der Waals surface area contributed by atoms with E-state index in [9.17, 15) is 4.79 Å². The van der Waals surface area contributed by atoms with Crippen LogP contribution in [-0.4, -0.2) is 6.29 Å². The van der Waals surface area contributed by atoms with E-state index in [0.29, 0.717) is 21.9 Å². The van der Waals surface area contributed by atoms with Crippen molar-refractivity contribution in [1.29, 1.82) is 0 Å². The van der Waals surface area contributed by atoms with Gasteiger partial charge >= 0.3 is 0 Å². The summed E-state index contributed by atoms with van der Waals surface area (Å²) in [5.74, 6) is 0. The van der Waals surface area contributed by atoms with Crippen molar-refractivity contribution in [3.8, 4) is 0 Å². The first kappa shape index (κ1) is 19.0. The Morgan fingerprint density at radius 1 is 1.08 bits per heavy atom. The highest BCUT2D eigenvalue weighted by Gasteiger charge is 2.00. The third kappa shape index (κ3) is 4.94. The Hall–Kier alpha value is 0.340. The van der Waals surface area contributed by atoms with E-state index < -0.39 is 0 Å². The van der Waals surface area contributed by atoms with E-state index in [-0.39, 0.29) is 37.2 Å². The van der Waals surface area contributed by atoms with Crippen molar-refractivity contribution in [2.45, 2.75) is 0 Å². The minimum Gasteiger partial charge on any atom is -0.298 e. The van der Waals surface area contributed by atoms with Gasteiger partial charge in [0.25, 0.3) is 0 Å². The van der Waals surface area contributed by atoms with Crippen molar-refractivity contribution < 1.29 is 4.79 Å². The molecule has 0 aliphatic rings. The largest absolute Gasteiger partial charge is 0.298 e. The zero-order chi connectivity index (χ0) is 7.56. The number of halogens is 5. The molecule has 0 aromatic heterocycles. The third-order valence-corrected chi connectivity index (χ3v) is 1.94. The summed E-state index contributed by atoms with van der Waals surface area (Å²) < 4.78 is 0. The minimum absolute atomic E-state index is 0. The Balaban J connectivity index is -0.000000333. The molecule has 0 unspecified atom stereocenters. The fourth-order valence-corrected chi connectivity index (χ4v) is 0.964. The normalized spacial score (nSPS) is 7.23. The summed E-state index contributed by atoms with van der Waals surface area (Å²) >= 11 is 11.2. The van der Waals surface area contributed by atoms with Crippen molar-refractivity contribution >= 4 is 66.7 Å². The Bertz CT molecular complexity index is 263. The monoisotopic (exact) mass is 282 g/mol. The molecule has 0 aliphatic heterocycles. The standard InChI is InChI=1S/C7H4Cl2O.3ClH/c8-6-3-1-2-5(4-10)7(6)9;;;/h1-4H;3*1H. The van der Waals surface area contributed by atoms with Crippen molar-refractivity contribution in [3.63, 3.8) is 0 Å². The van der Waals surface area contributed by atoms with E-state index >= 15 is 0 Å². The van der Waals surface area contributed by atoms with Crippen LogP contribution in [0.2, 0.25) is 10.0 Å². The van der Waals surface area contributed by atoms with E-state index in [1.165, 1.54) is 0 Å². The summed E-state index contributed by atoms with van der Waals surface area (Å²) in [6.45, 7) is 0. The second-order valence-corrected chi connectivity index (χ2v) is 2.55. The Morgan fingerprint density at radius 2 is 1.62 bits per heavy atom. The van der Waals surface area contributed by atoms with Gasteiger partial charge in [-0.25, -0.2) is 0 Å². The number of hydrogen-bond acceptors (Lipinski definition) is 1. The molecule has 0 aliphatic carbocycles. The topological polar surface area (TPSA) is 17.1 Å². The molecule has 0 saturated heterocycles. The van der Waals surface area contributed by atoms with Crippen molar-refractivity contribution in [2.24, 2.45) is 0 Å². The second-order valence-electron chi connectivity index (χ2n) is 1.76. The highest BCUT2D eigenvalue weighted by atomic mass is 35.5. The van der Waals surface area contributed by atoms with Crippen molar-refractivity contribution in [2.75, 3.05) is 0 Å². The Morgan fingerprint density at radius 3 is 2.00 bits per heavy atom. The summed E-state index contributed by atoms with van der Waals surface area (Å²) in [5, 5.41) is 0.727. The first-order chi connectivity index (χ1) is 4.75. The van der Waals surface area contributed by atoms with Gasteiger partial charge in [0.05, 0.1) is 10.0 Å². The van der Waals surface area contributed by atoms with Crippen LogP contribution >= 0.6 is 60.4 Å². The first-order valence-electron chi connectivity index (χ1n) is 2.65. The average molecular weight is 284 g/mol. The van der Waals surface area contributed by atoms with E-state index in [4.69, 9.17) is 23.2 Å². The molecule has 1 nitrogen and oxygen atoms in total. The predicted molar refractivity (Wildman–Crippen MR) is 63.6 cm³/mol. The molecule has 6 heteroatoms. The number of benzene rings is 1. The average Bonchev–Trinajstić information content (AvgIpc) is 1.95. The summed E-state index contributed by atoms with van der Waals surface area (Å²) in [4.78, 5) is 10.2. The number of hydrogen-bond donors (Lipinski definition) is 0. The van der Waals surface area contributed by atoms with Gasteiger partial charge in [-0.05, 0) is 6.07 Å². The lowest BCUT2D eigenvalue weighted by atomic mass is 10.2. The summed E-state index contributed by atoms with van der Waals surface area (Å²) in [5.41, 5.74) is 0.425.